The number of aliphatic hydroxyl groups is 2. The molecule has 256 valence electrons. The molecule has 7 N–H and O–H groups in total. The second-order valence-corrected chi connectivity index (χ2v) is 14.2. The van der Waals surface area contributed by atoms with E-state index in [1.807, 2.05) is 33.8 Å². The van der Waals surface area contributed by atoms with Crippen molar-refractivity contribution in [3.8, 4) is 0 Å². The quantitative estimate of drug-likeness (QED) is 0.0932. The van der Waals surface area contributed by atoms with Crippen molar-refractivity contribution < 1.29 is 39.6 Å². The van der Waals surface area contributed by atoms with E-state index in [0.29, 0.717) is 33.6 Å². The Bertz CT molecular complexity index is 1700. The van der Waals surface area contributed by atoms with Gasteiger partial charge in [0.2, 0.25) is 5.91 Å². The number of carbonyl (C=O) groups excluding carboxylic acids is 1. The summed E-state index contributed by atoms with van der Waals surface area (Å²) in [5, 5.41) is 50.8. The number of hydroxylamine groups is 2. The van der Waals surface area contributed by atoms with Crippen molar-refractivity contribution in [1.29, 1.82) is 0 Å². The summed E-state index contributed by atoms with van der Waals surface area (Å²) in [4.78, 5) is 44.7. The van der Waals surface area contributed by atoms with Gasteiger partial charge in [0.25, 0.3) is 5.91 Å². The van der Waals surface area contributed by atoms with Crippen LogP contribution in [0.1, 0.15) is 58.1 Å². The molecule has 0 bridgehead atoms. The first kappa shape index (κ1) is 35.1. The van der Waals surface area contributed by atoms with Crippen LogP contribution in [0.25, 0.3) is 12.2 Å². The molecule has 1 amide bonds. The predicted octanol–water partition coefficient (Wildman–Crippen LogP) is 1.30. The summed E-state index contributed by atoms with van der Waals surface area (Å²) >= 11 is 8.88. The van der Waals surface area contributed by atoms with Crippen LogP contribution in [0.4, 0.5) is 0 Å². The van der Waals surface area contributed by atoms with E-state index in [0.717, 1.165) is 16.5 Å². The number of hydrogen-bond acceptors (Lipinski definition) is 10. The highest BCUT2D eigenvalue weighted by molar-refractivity contribution is 7.81. The predicted molar refractivity (Wildman–Crippen MR) is 181 cm³/mol. The number of hydrogen-bond donors (Lipinski definition) is 9. The third kappa shape index (κ3) is 6.50. The van der Waals surface area contributed by atoms with Gasteiger partial charge in [-0.05, 0) is 54.7 Å². The number of H-pyrrole nitrogens is 1. The third-order valence-corrected chi connectivity index (χ3v) is 10.6. The van der Waals surface area contributed by atoms with Gasteiger partial charge in [-0.25, -0.2) is 4.84 Å². The lowest BCUT2D eigenvalue weighted by Crippen LogP contribution is -2.44. The summed E-state index contributed by atoms with van der Waals surface area (Å²) in [5.41, 5.74) is 2.34. The Morgan fingerprint density at radius 1 is 1.11 bits per heavy atom. The Kier molecular flexibility index (Phi) is 9.75. The van der Waals surface area contributed by atoms with Crippen LogP contribution in [0.15, 0.2) is 34.7 Å². The number of rotatable bonds is 11. The number of aromatic nitrogens is 1. The summed E-state index contributed by atoms with van der Waals surface area (Å²) in [6.07, 6.45) is 7.23. The van der Waals surface area contributed by atoms with Crippen molar-refractivity contribution in [2.24, 2.45) is 23.7 Å². The van der Waals surface area contributed by atoms with Gasteiger partial charge in [0.15, 0.2) is 5.72 Å². The third-order valence-electron chi connectivity index (χ3n) is 10.1. The SMILES string of the molecule is Cc1c(CCC(=O)O)/c(=C/C2=C(CCC(=O)O)C(C)[C@@](O)(/C=C3/[C@H]([C@H](C)S)[C@@H](C)[C@]4(O)ON34)N2)[nH]/c1=C/[C@H]1NC(=O)/C(=C\CS)C1C. The Morgan fingerprint density at radius 2 is 1.77 bits per heavy atom. The number of amides is 1. The van der Waals surface area contributed by atoms with Crippen LogP contribution in [0.5, 0.6) is 0 Å². The van der Waals surface area contributed by atoms with Crippen LogP contribution < -0.4 is 21.3 Å². The second kappa shape index (κ2) is 13.0. The van der Waals surface area contributed by atoms with E-state index in [1.54, 1.807) is 25.2 Å². The van der Waals surface area contributed by atoms with Crippen LogP contribution in [0.3, 0.4) is 0 Å². The zero-order valence-corrected chi connectivity index (χ0v) is 28.9. The number of carbonyl (C=O) groups is 3. The second-order valence-electron chi connectivity index (χ2n) is 13.1. The van der Waals surface area contributed by atoms with Crippen molar-refractivity contribution in [2.75, 3.05) is 5.75 Å². The number of carboxylic acids is 2. The molecule has 0 aromatic carbocycles. The zero-order chi connectivity index (χ0) is 34.6. The molecule has 12 nitrogen and oxygen atoms in total. The van der Waals surface area contributed by atoms with Gasteiger partial charge < -0.3 is 36.0 Å². The van der Waals surface area contributed by atoms with Crippen molar-refractivity contribution in [2.45, 2.75) is 83.2 Å². The van der Waals surface area contributed by atoms with Crippen molar-refractivity contribution in [3.63, 3.8) is 0 Å². The van der Waals surface area contributed by atoms with E-state index in [4.69, 9.17) is 4.84 Å². The highest BCUT2D eigenvalue weighted by atomic mass is 32.1. The van der Waals surface area contributed by atoms with Gasteiger partial charge in [-0.1, -0.05) is 33.8 Å². The lowest BCUT2D eigenvalue weighted by Gasteiger charge is -2.30. The number of carboxylic acid groups (broad SMARTS) is 2. The number of fused-ring (bicyclic) bond motifs is 1. The Labute approximate surface area is 284 Å². The maximum Gasteiger partial charge on any atom is 0.303 e. The molecule has 2 unspecified atom stereocenters. The standard InChI is InChI=1S/C33H44N4O8S2/c1-15-20(6-8-28(38)39)25(34-23(15)12-24-16(2)21(10-11-46)31(42)35-24)13-26-22(7-9-29(40)41)17(3)32(43,36-26)14-27-30(19(5)47)18(4)33(44)37(27)45-33/h10,12-14,16-19,24,30,34,36,43-44,46-47H,6-9,11H2,1-5H3,(H,35,42)(H,38,39)(H,40,41)/b21-10-,23-12+,25-13-,27-14-/t16?,17?,18-,19+,24-,30+,32+,33+,37?/m1/s1. The molecule has 14 heteroatoms. The molecule has 0 aliphatic carbocycles. The van der Waals surface area contributed by atoms with E-state index in [9.17, 15) is 34.8 Å². The summed E-state index contributed by atoms with van der Waals surface area (Å²) in [5.74, 6) is -4.33. The molecule has 4 aliphatic heterocycles. The topological polar surface area (TPSA) is 188 Å². The fourth-order valence-corrected chi connectivity index (χ4v) is 7.85. The summed E-state index contributed by atoms with van der Waals surface area (Å²) < 4.78 is 0. The largest absolute Gasteiger partial charge is 0.481 e. The zero-order valence-electron chi connectivity index (χ0n) is 27.1. The van der Waals surface area contributed by atoms with Gasteiger partial charge in [-0.3, -0.25) is 14.4 Å². The fraction of sp³-hybridized carbons (Fsp3) is 0.545. The highest BCUT2D eigenvalue weighted by Crippen LogP contribution is 2.58. The smallest absolute Gasteiger partial charge is 0.303 e. The first-order chi connectivity index (χ1) is 22.0. The van der Waals surface area contributed by atoms with Crippen LogP contribution in [-0.4, -0.2) is 77.0 Å². The van der Waals surface area contributed by atoms with Gasteiger partial charge in [-0.15, -0.1) is 0 Å². The molecule has 0 spiro atoms. The summed E-state index contributed by atoms with van der Waals surface area (Å²) in [7, 11) is 0. The van der Waals surface area contributed by atoms with Gasteiger partial charge in [-0.2, -0.15) is 30.3 Å². The highest BCUT2D eigenvalue weighted by Gasteiger charge is 2.69. The minimum absolute atomic E-state index is 0.107. The summed E-state index contributed by atoms with van der Waals surface area (Å²) in [6, 6.07) is -0.299. The van der Waals surface area contributed by atoms with Crippen LogP contribution >= 0.6 is 25.3 Å². The molecule has 8 atom stereocenters. The number of nitrogens with one attached hydrogen (secondary N) is 3. The Balaban J connectivity index is 1.60. The normalized spacial score (nSPS) is 34.8. The van der Waals surface area contributed by atoms with E-state index in [-0.39, 0.29) is 60.6 Å². The first-order valence-electron chi connectivity index (χ1n) is 15.8. The number of thiol groups is 2. The molecule has 47 heavy (non-hydrogen) atoms. The molecule has 1 aromatic rings. The Morgan fingerprint density at radius 3 is 2.38 bits per heavy atom. The minimum atomic E-state index is -1.66. The van der Waals surface area contributed by atoms with Crippen molar-refractivity contribution in [1.82, 2.24) is 20.7 Å². The molecule has 5 heterocycles. The van der Waals surface area contributed by atoms with Crippen LogP contribution in [0.2, 0.25) is 0 Å². The molecule has 3 fully saturated rings. The Hall–Kier alpha value is -3.17. The lowest BCUT2D eigenvalue weighted by atomic mass is 9.85. The molecule has 1 aromatic heterocycles. The lowest BCUT2D eigenvalue weighted by molar-refractivity contribution is -0.138. The number of nitrogens with zero attached hydrogens (tertiary/aromatic N) is 1. The molecule has 0 radical (unpaired) electrons. The molecule has 5 rings (SSSR count). The van der Waals surface area contributed by atoms with Crippen molar-refractivity contribution in [3.05, 3.63) is 56.5 Å². The number of allylic oxidation sites excluding steroid dienone is 2. The minimum Gasteiger partial charge on any atom is -0.481 e. The molecule has 4 aliphatic rings. The molecule has 0 saturated carbocycles. The molecule has 3 saturated heterocycles. The van der Waals surface area contributed by atoms with Gasteiger partial charge >= 0.3 is 11.9 Å². The van der Waals surface area contributed by atoms with E-state index >= 15 is 0 Å². The van der Waals surface area contributed by atoms with Crippen LogP contribution in [0, 0.1) is 30.6 Å². The maximum atomic E-state index is 12.6. The summed E-state index contributed by atoms with van der Waals surface area (Å²) in [6.45, 7) is 9.42. The van der Waals surface area contributed by atoms with Gasteiger partial charge in [0.1, 0.15) is 0 Å². The fourth-order valence-electron chi connectivity index (χ4n) is 7.25. The average Bonchev–Trinajstić information content (AvgIpc) is 3.30. The van der Waals surface area contributed by atoms with Crippen molar-refractivity contribution >= 4 is 55.3 Å². The van der Waals surface area contributed by atoms with E-state index in [1.165, 1.54) is 5.06 Å². The monoisotopic (exact) mass is 688 g/mol. The van der Waals surface area contributed by atoms with Gasteiger partial charge in [0.05, 0.1) is 11.7 Å². The first-order valence-corrected chi connectivity index (χ1v) is 17.0. The van der Waals surface area contributed by atoms with E-state index in [2.05, 4.69) is 40.9 Å². The average molecular weight is 689 g/mol. The van der Waals surface area contributed by atoms with Crippen LogP contribution in [-0.2, 0) is 25.6 Å². The molecular weight excluding hydrogens is 645 g/mol. The van der Waals surface area contributed by atoms with E-state index < -0.39 is 29.5 Å². The number of aromatic amines is 1. The van der Waals surface area contributed by atoms with Gasteiger partial charge in [0, 0.05) is 69.5 Å². The maximum absolute atomic E-state index is 12.6. The number of aliphatic carboxylic acids is 2. The molecular formula is C33H44N4O8S2.